The Hall–Kier alpha value is -1.53. The van der Waals surface area contributed by atoms with E-state index in [1.54, 1.807) is 0 Å². The first-order valence-corrected chi connectivity index (χ1v) is 6.24. The van der Waals surface area contributed by atoms with Gasteiger partial charge in [-0.1, -0.05) is 6.07 Å². The maximum atomic E-state index is 9.18. The zero-order valence-electron chi connectivity index (χ0n) is 10.1. The summed E-state index contributed by atoms with van der Waals surface area (Å²) >= 11 is 0. The van der Waals surface area contributed by atoms with E-state index in [0.29, 0.717) is 0 Å². The van der Waals surface area contributed by atoms with Gasteiger partial charge in [0.1, 0.15) is 6.07 Å². The van der Waals surface area contributed by atoms with Crippen LogP contribution in [0.25, 0.3) is 0 Å². The SMILES string of the molecule is Cc1ccc(C#N)c(N2CC3CNCC3C2)c1. The number of anilines is 1. The van der Waals surface area contributed by atoms with Crippen molar-refractivity contribution in [2.45, 2.75) is 6.92 Å². The highest BCUT2D eigenvalue weighted by atomic mass is 15.2. The molecule has 0 radical (unpaired) electrons. The van der Waals surface area contributed by atoms with Crippen LogP contribution in [0.5, 0.6) is 0 Å². The van der Waals surface area contributed by atoms with Crippen molar-refractivity contribution in [3.8, 4) is 6.07 Å². The van der Waals surface area contributed by atoms with E-state index in [2.05, 4.69) is 29.3 Å². The zero-order valence-corrected chi connectivity index (χ0v) is 10.1. The van der Waals surface area contributed by atoms with Crippen LogP contribution >= 0.6 is 0 Å². The molecule has 0 spiro atoms. The highest BCUT2D eigenvalue weighted by molar-refractivity contribution is 5.61. The van der Waals surface area contributed by atoms with Gasteiger partial charge in [0.05, 0.1) is 11.3 Å². The molecular weight excluding hydrogens is 210 g/mol. The predicted molar refractivity (Wildman–Crippen MR) is 68.0 cm³/mol. The number of benzene rings is 1. The van der Waals surface area contributed by atoms with Crippen molar-refractivity contribution in [2.75, 3.05) is 31.1 Å². The molecule has 3 nitrogen and oxygen atoms in total. The molecule has 0 aromatic heterocycles. The predicted octanol–water partition coefficient (Wildman–Crippen LogP) is 1.52. The fourth-order valence-electron chi connectivity index (χ4n) is 3.05. The van der Waals surface area contributed by atoms with Crippen LogP contribution in [-0.4, -0.2) is 26.2 Å². The summed E-state index contributed by atoms with van der Waals surface area (Å²) in [6.45, 7) is 6.54. The first kappa shape index (κ1) is 10.6. The Balaban J connectivity index is 1.90. The molecule has 0 aliphatic carbocycles. The highest BCUT2D eigenvalue weighted by Gasteiger charge is 2.36. The van der Waals surface area contributed by atoms with Crippen LogP contribution in [0.3, 0.4) is 0 Å². The quantitative estimate of drug-likeness (QED) is 0.790. The number of fused-ring (bicyclic) bond motifs is 1. The molecule has 0 saturated carbocycles. The highest BCUT2D eigenvalue weighted by Crippen LogP contribution is 2.32. The van der Waals surface area contributed by atoms with Crippen LogP contribution < -0.4 is 10.2 Å². The molecule has 1 aromatic rings. The van der Waals surface area contributed by atoms with Crippen molar-refractivity contribution in [1.82, 2.24) is 5.32 Å². The number of aryl methyl sites for hydroxylation is 1. The molecule has 2 atom stereocenters. The molecule has 88 valence electrons. The first-order chi connectivity index (χ1) is 8.28. The Morgan fingerprint density at radius 3 is 2.65 bits per heavy atom. The number of hydrogen-bond acceptors (Lipinski definition) is 3. The summed E-state index contributed by atoms with van der Waals surface area (Å²) in [5.74, 6) is 1.53. The molecule has 17 heavy (non-hydrogen) atoms. The van der Waals surface area contributed by atoms with Crippen LogP contribution in [0, 0.1) is 30.1 Å². The minimum absolute atomic E-state index is 0.766. The second-order valence-electron chi connectivity index (χ2n) is 5.22. The standard InChI is InChI=1S/C14H17N3/c1-10-2-3-11(5-15)14(4-10)17-8-12-6-16-7-13(12)9-17/h2-4,12-13,16H,6-9H2,1H3. The fourth-order valence-corrected chi connectivity index (χ4v) is 3.05. The Bertz CT molecular complexity index is 463. The van der Waals surface area contributed by atoms with E-state index in [1.807, 2.05) is 12.1 Å². The number of rotatable bonds is 1. The normalized spacial score (nSPS) is 26.9. The third-order valence-corrected chi connectivity index (χ3v) is 4.00. The molecule has 3 rings (SSSR count). The van der Waals surface area contributed by atoms with Gasteiger partial charge < -0.3 is 10.2 Å². The van der Waals surface area contributed by atoms with E-state index >= 15 is 0 Å². The molecular formula is C14H17N3. The van der Waals surface area contributed by atoms with Crippen LogP contribution in [0.1, 0.15) is 11.1 Å². The van der Waals surface area contributed by atoms with Crippen LogP contribution in [-0.2, 0) is 0 Å². The van der Waals surface area contributed by atoms with Gasteiger partial charge in [-0.25, -0.2) is 0 Å². The second kappa shape index (κ2) is 4.05. The summed E-state index contributed by atoms with van der Waals surface area (Å²) in [6.07, 6.45) is 0. The molecule has 1 aromatic carbocycles. The first-order valence-electron chi connectivity index (χ1n) is 6.24. The lowest BCUT2D eigenvalue weighted by Crippen LogP contribution is -2.26. The maximum Gasteiger partial charge on any atom is 0.101 e. The smallest absolute Gasteiger partial charge is 0.101 e. The topological polar surface area (TPSA) is 39.1 Å². The molecule has 2 aliphatic rings. The van der Waals surface area contributed by atoms with Crippen molar-refractivity contribution >= 4 is 5.69 Å². The maximum absolute atomic E-state index is 9.18. The molecule has 2 aliphatic heterocycles. The van der Waals surface area contributed by atoms with Gasteiger partial charge in [-0.3, -0.25) is 0 Å². The van der Waals surface area contributed by atoms with Gasteiger partial charge >= 0.3 is 0 Å². The second-order valence-corrected chi connectivity index (χ2v) is 5.22. The lowest BCUT2D eigenvalue weighted by molar-refractivity contribution is 0.533. The van der Waals surface area contributed by atoms with Gasteiger partial charge in [0.15, 0.2) is 0 Å². The van der Waals surface area contributed by atoms with Crippen molar-refractivity contribution < 1.29 is 0 Å². The van der Waals surface area contributed by atoms with Gasteiger partial charge in [0, 0.05) is 26.2 Å². The van der Waals surface area contributed by atoms with Gasteiger partial charge in [0.2, 0.25) is 0 Å². The van der Waals surface area contributed by atoms with Crippen LogP contribution in [0.4, 0.5) is 5.69 Å². The summed E-state index contributed by atoms with van der Waals surface area (Å²) in [5, 5.41) is 12.6. The number of hydrogen-bond donors (Lipinski definition) is 1. The average molecular weight is 227 g/mol. The molecule has 1 N–H and O–H groups in total. The van der Waals surface area contributed by atoms with E-state index in [4.69, 9.17) is 0 Å². The fraction of sp³-hybridized carbons (Fsp3) is 0.500. The van der Waals surface area contributed by atoms with Gasteiger partial charge in [0.25, 0.3) is 0 Å². The Kier molecular flexibility index (Phi) is 2.53. The van der Waals surface area contributed by atoms with E-state index in [1.165, 1.54) is 5.56 Å². The Morgan fingerprint density at radius 1 is 1.29 bits per heavy atom. The third-order valence-electron chi connectivity index (χ3n) is 4.00. The molecule has 3 heteroatoms. The van der Waals surface area contributed by atoms with E-state index in [0.717, 1.165) is 49.3 Å². The lowest BCUT2D eigenvalue weighted by atomic mass is 10.0. The minimum atomic E-state index is 0.766. The molecule has 2 fully saturated rings. The largest absolute Gasteiger partial charge is 0.370 e. The summed E-state index contributed by atoms with van der Waals surface area (Å²) in [6, 6.07) is 8.41. The summed E-state index contributed by atoms with van der Waals surface area (Å²) in [7, 11) is 0. The molecule has 2 unspecified atom stereocenters. The monoisotopic (exact) mass is 227 g/mol. The Morgan fingerprint density at radius 2 is 2.00 bits per heavy atom. The van der Waals surface area contributed by atoms with Crippen LogP contribution in [0.2, 0.25) is 0 Å². The summed E-state index contributed by atoms with van der Waals surface area (Å²) in [5.41, 5.74) is 3.17. The van der Waals surface area contributed by atoms with E-state index in [-0.39, 0.29) is 0 Å². The van der Waals surface area contributed by atoms with Crippen molar-refractivity contribution in [1.29, 1.82) is 5.26 Å². The van der Waals surface area contributed by atoms with Gasteiger partial charge in [-0.15, -0.1) is 0 Å². The average Bonchev–Trinajstić information content (AvgIpc) is 2.88. The summed E-state index contributed by atoms with van der Waals surface area (Å²) < 4.78 is 0. The van der Waals surface area contributed by atoms with E-state index in [9.17, 15) is 5.26 Å². The van der Waals surface area contributed by atoms with Gasteiger partial charge in [-0.05, 0) is 36.5 Å². The number of nitrogens with one attached hydrogen (secondary N) is 1. The summed E-state index contributed by atoms with van der Waals surface area (Å²) in [4.78, 5) is 2.39. The molecule has 2 heterocycles. The number of nitrogens with zero attached hydrogens (tertiary/aromatic N) is 2. The van der Waals surface area contributed by atoms with Gasteiger partial charge in [-0.2, -0.15) is 5.26 Å². The number of nitriles is 1. The van der Waals surface area contributed by atoms with Crippen LogP contribution in [0.15, 0.2) is 18.2 Å². The molecule has 0 amide bonds. The molecule has 2 saturated heterocycles. The Labute approximate surface area is 102 Å². The molecule has 0 bridgehead atoms. The van der Waals surface area contributed by atoms with Crippen molar-refractivity contribution in [3.63, 3.8) is 0 Å². The minimum Gasteiger partial charge on any atom is -0.370 e. The van der Waals surface area contributed by atoms with Crippen molar-refractivity contribution in [3.05, 3.63) is 29.3 Å². The third kappa shape index (κ3) is 1.79. The zero-order chi connectivity index (χ0) is 11.8. The lowest BCUT2D eigenvalue weighted by Gasteiger charge is -2.21. The van der Waals surface area contributed by atoms with E-state index < -0.39 is 0 Å². The van der Waals surface area contributed by atoms with Crippen molar-refractivity contribution in [2.24, 2.45) is 11.8 Å².